The second kappa shape index (κ2) is 9.35. The number of benzene rings is 1. The van der Waals surface area contributed by atoms with Gasteiger partial charge < -0.3 is 14.7 Å². The molecule has 2 aliphatic rings. The Morgan fingerprint density at radius 2 is 1.82 bits per heavy atom. The lowest BCUT2D eigenvalue weighted by atomic mass is 10.1. The molecule has 2 saturated heterocycles. The Morgan fingerprint density at radius 3 is 2.58 bits per heavy atom. The minimum atomic E-state index is -0.0362. The zero-order valence-electron chi connectivity index (χ0n) is 18.8. The molecule has 3 aromatic rings. The number of aryl methyl sites for hydroxylation is 1. The molecule has 0 radical (unpaired) electrons. The van der Waals surface area contributed by atoms with Crippen LogP contribution >= 0.6 is 22.9 Å². The van der Waals surface area contributed by atoms with E-state index in [0.29, 0.717) is 36.7 Å². The molecule has 33 heavy (non-hydrogen) atoms. The summed E-state index contributed by atoms with van der Waals surface area (Å²) in [5.74, 6) is 0.792. The number of hydrogen-bond acceptors (Lipinski definition) is 6. The molecule has 0 N–H and O–H groups in total. The molecule has 0 spiro atoms. The third kappa shape index (κ3) is 4.46. The van der Waals surface area contributed by atoms with E-state index in [0.717, 1.165) is 55.2 Å². The second-order valence-corrected chi connectivity index (χ2v) is 10.1. The fourth-order valence-electron chi connectivity index (χ4n) is 4.78. The first-order chi connectivity index (χ1) is 16.0. The molecule has 0 atom stereocenters. The molecule has 4 heterocycles. The first-order valence-corrected chi connectivity index (χ1v) is 12.8. The second-order valence-electron chi connectivity index (χ2n) is 8.75. The Bertz CT molecular complexity index is 1230. The lowest BCUT2D eigenvalue weighted by molar-refractivity contribution is -0.131. The van der Waals surface area contributed by atoms with Crippen molar-refractivity contribution in [1.82, 2.24) is 14.5 Å². The Labute approximate surface area is 202 Å². The van der Waals surface area contributed by atoms with E-state index < -0.39 is 0 Å². The average Bonchev–Trinajstić information content (AvgIpc) is 3.52. The predicted octanol–water partition coefficient (Wildman–Crippen LogP) is 3.76. The van der Waals surface area contributed by atoms with Crippen molar-refractivity contribution < 1.29 is 4.79 Å². The van der Waals surface area contributed by atoms with Gasteiger partial charge in [0, 0.05) is 62.9 Å². The van der Waals surface area contributed by atoms with E-state index in [9.17, 15) is 9.59 Å². The zero-order valence-corrected chi connectivity index (χ0v) is 20.4. The fraction of sp³-hybridized carbons (Fsp3) is 0.458. The highest BCUT2D eigenvalue weighted by Crippen LogP contribution is 2.26. The van der Waals surface area contributed by atoms with Crippen LogP contribution in [0.1, 0.15) is 24.8 Å². The van der Waals surface area contributed by atoms with Crippen molar-refractivity contribution in [2.24, 2.45) is 0 Å². The summed E-state index contributed by atoms with van der Waals surface area (Å²) in [6.45, 7) is 7.13. The average molecular weight is 486 g/mol. The predicted molar refractivity (Wildman–Crippen MR) is 135 cm³/mol. The molecule has 7 nitrogen and oxygen atoms in total. The molecule has 0 bridgehead atoms. The number of piperazine rings is 1. The van der Waals surface area contributed by atoms with Crippen LogP contribution in [0.2, 0.25) is 5.02 Å². The molecule has 9 heteroatoms. The monoisotopic (exact) mass is 485 g/mol. The van der Waals surface area contributed by atoms with Gasteiger partial charge in [0.1, 0.15) is 4.70 Å². The Balaban J connectivity index is 1.27. The van der Waals surface area contributed by atoms with Gasteiger partial charge in [-0.05, 0) is 48.9 Å². The molecule has 0 saturated carbocycles. The van der Waals surface area contributed by atoms with Gasteiger partial charge in [-0.2, -0.15) is 0 Å². The third-order valence-electron chi connectivity index (χ3n) is 6.63. The van der Waals surface area contributed by atoms with Crippen LogP contribution in [0.25, 0.3) is 10.2 Å². The fourth-order valence-corrected chi connectivity index (χ4v) is 5.72. The Kier molecular flexibility index (Phi) is 6.29. The highest BCUT2D eigenvalue weighted by molar-refractivity contribution is 7.17. The molecular weight excluding hydrogens is 458 g/mol. The molecule has 2 fully saturated rings. The minimum Gasteiger partial charge on any atom is -0.368 e. The van der Waals surface area contributed by atoms with Gasteiger partial charge in [0.25, 0.3) is 5.56 Å². The minimum absolute atomic E-state index is 0.0362. The summed E-state index contributed by atoms with van der Waals surface area (Å²) < 4.78 is 2.38. The van der Waals surface area contributed by atoms with Crippen LogP contribution in [-0.2, 0) is 11.3 Å². The summed E-state index contributed by atoms with van der Waals surface area (Å²) in [6.07, 6.45) is 2.51. The van der Waals surface area contributed by atoms with E-state index >= 15 is 0 Å². The summed E-state index contributed by atoms with van der Waals surface area (Å²) in [4.78, 5) is 37.4. The summed E-state index contributed by atoms with van der Waals surface area (Å²) in [5.41, 5.74) is 3.03. The summed E-state index contributed by atoms with van der Waals surface area (Å²) in [6, 6.07) is 7.83. The Morgan fingerprint density at radius 1 is 1.06 bits per heavy atom. The first-order valence-electron chi connectivity index (χ1n) is 11.5. The largest absolute Gasteiger partial charge is 0.368 e. The van der Waals surface area contributed by atoms with E-state index in [1.54, 1.807) is 4.57 Å². The molecular formula is C24H28ClN5O2S. The maximum absolute atomic E-state index is 13.2. The van der Waals surface area contributed by atoms with Crippen molar-refractivity contribution in [2.75, 3.05) is 49.1 Å². The number of fused-ring (bicyclic) bond motifs is 1. The van der Waals surface area contributed by atoms with Crippen LogP contribution in [0, 0.1) is 6.92 Å². The van der Waals surface area contributed by atoms with Crippen molar-refractivity contribution in [1.29, 1.82) is 0 Å². The van der Waals surface area contributed by atoms with Crippen molar-refractivity contribution in [3.8, 4) is 0 Å². The van der Waals surface area contributed by atoms with Gasteiger partial charge in [-0.15, -0.1) is 11.3 Å². The van der Waals surface area contributed by atoms with Gasteiger partial charge in [0.05, 0.1) is 5.52 Å². The van der Waals surface area contributed by atoms with Crippen molar-refractivity contribution in [2.45, 2.75) is 32.7 Å². The number of carbonyl (C=O) groups excluding carboxylic acids is 1. The van der Waals surface area contributed by atoms with E-state index in [1.807, 2.05) is 34.5 Å². The standard InChI is InChI=1S/C24H28ClN5O2S/c1-17-4-5-18(25)16-20(17)27-11-13-28(14-12-27)21(31)6-10-30-23(32)22-19(7-15-33-22)26-24(30)29-8-2-3-9-29/h4-5,7,15-16H,2-3,6,8-14H2,1H3. The van der Waals surface area contributed by atoms with Crippen molar-refractivity contribution >= 4 is 50.7 Å². The summed E-state index contributed by atoms with van der Waals surface area (Å²) in [5, 5.41) is 2.63. The van der Waals surface area contributed by atoms with E-state index in [1.165, 1.54) is 16.9 Å². The number of carbonyl (C=O) groups is 1. The van der Waals surface area contributed by atoms with Gasteiger partial charge in [-0.25, -0.2) is 4.98 Å². The van der Waals surface area contributed by atoms with Crippen LogP contribution in [0.15, 0.2) is 34.4 Å². The summed E-state index contributed by atoms with van der Waals surface area (Å²) in [7, 11) is 0. The quantitative estimate of drug-likeness (QED) is 0.550. The first kappa shape index (κ1) is 22.2. The maximum atomic E-state index is 13.2. The van der Waals surface area contributed by atoms with Crippen LogP contribution in [0.5, 0.6) is 0 Å². The van der Waals surface area contributed by atoms with Gasteiger partial charge in [-0.1, -0.05) is 17.7 Å². The topological polar surface area (TPSA) is 61.7 Å². The van der Waals surface area contributed by atoms with Gasteiger partial charge >= 0.3 is 0 Å². The van der Waals surface area contributed by atoms with Gasteiger partial charge in [0.15, 0.2) is 0 Å². The number of amides is 1. The number of thiophene rings is 1. The van der Waals surface area contributed by atoms with Crippen LogP contribution in [0.3, 0.4) is 0 Å². The highest BCUT2D eigenvalue weighted by Gasteiger charge is 2.24. The zero-order chi connectivity index (χ0) is 22.9. The maximum Gasteiger partial charge on any atom is 0.272 e. The third-order valence-corrected chi connectivity index (χ3v) is 7.75. The number of rotatable bonds is 5. The van der Waals surface area contributed by atoms with Crippen molar-refractivity contribution in [3.05, 3.63) is 50.6 Å². The molecule has 174 valence electrons. The number of nitrogens with zero attached hydrogens (tertiary/aromatic N) is 5. The smallest absolute Gasteiger partial charge is 0.272 e. The van der Waals surface area contributed by atoms with Gasteiger partial charge in [0.2, 0.25) is 11.9 Å². The number of hydrogen-bond donors (Lipinski definition) is 0. The lowest BCUT2D eigenvalue weighted by Crippen LogP contribution is -2.49. The summed E-state index contributed by atoms with van der Waals surface area (Å²) >= 11 is 7.61. The van der Waals surface area contributed by atoms with E-state index in [2.05, 4.69) is 16.7 Å². The van der Waals surface area contributed by atoms with Gasteiger partial charge in [-0.3, -0.25) is 14.2 Å². The molecule has 1 amide bonds. The van der Waals surface area contributed by atoms with E-state index in [-0.39, 0.29) is 11.5 Å². The normalized spacial score (nSPS) is 16.7. The lowest BCUT2D eigenvalue weighted by Gasteiger charge is -2.37. The molecule has 5 rings (SSSR count). The van der Waals surface area contributed by atoms with Crippen LogP contribution in [0.4, 0.5) is 11.6 Å². The number of aromatic nitrogens is 2. The van der Waals surface area contributed by atoms with E-state index in [4.69, 9.17) is 16.6 Å². The number of halogens is 1. The molecule has 1 aromatic carbocycles. The SMILES string of the molecule is Cc1ccc(Cl)cc1N1CCN(C(=O)CCn2c(N3CCCC3)nc3ccsc3c2=O)CC1. The molecule has 2 aromatic heterocycles. The van der Waals surface area contributed by atoms with Crippen LogP contribution in [-0.4, -0.2) is 59.6 Å². The van der Waals surface area contributed by atoms with Crippen LogP contribution < -0.4 is 15.4 Å². The molecule has 2 aliphatic heterocycles. The van der Waals surface area contributed by atoms with Crippen molar-refractivity contribution in [3.63, 3.8) is 0 Å². The molecule has 0 aliphatic carbocycles. The molecule has 0 unspecified atom stereocenters. The Hall–Kier alpha value is -2.58. The number of anilines is 2. The highest BCUT2D eigenvalue weighted by atomic mass is 35.5.